The Morgan fingerprint density at radius 3 is 2.86 bits per heavy atom. The molecular weight excluding hydrogens is 92.1 g/mol. The van der Waals surface area contributed by atoms with E-state index in [0.717, 1.165) is 13.0 Å². The number of hydrogen-bond acceptors (Lipinski definition) is 3. The van der Waals surface area contributed by atoms with Gasteiger partial charge in [-0.1, -0.05) is 0 Å². The molecule has 0 atom stereocenters. The van der Waals surface area contributed by atoms with E-state index in [2.05, 4.69) is 10.9 Å². The third-order valence-electron chi connectivity index (χ3n) is 0.823. The summed E-state index contributed by atoms with van der Waals surface area (Å²) in [6, 6.07) is 0. The zero-order valence-corrected chi connectivity index (χ0v) is 3.94. The van der Waals surface area contributed by atoms with Crippen molar-refractivity contribution >= 4 is 0 Å². The van der Waals surface area contributed by atoms with Crippen LogP contribution in [0.4, 0.5) is 0 Å². The van der Waals surface area contributed by atoms with Crippen LogP contribution >= 0.6 is 0 Å². The first-order chi connectivity index (χ1) is 3.39. The number of hydrazine groups is 1. The number of hydrogen-bond donors (Lipinski definition) is 3. The van der Waals surface area contributed by atoms with Crippen LogP contribution < -0.4 is 10.9 Å². The van der Waals surface area contributed by atoms with Gasteiger partial charge in [0.15, 0.2) is 5.88 Å². The molecule has 1 heterocycles. The van der Waals surface area contributed by atoms with Gasteiger partial charge >= 0.3 is 0 Å². The molecule has 1 rings (SSSR count). The maximum absolute atomic E-state index is 8.60. The van der Waals surface area contributed by atoms with Crippen molar-refractivity contribution in [3.8, 4) is 0 Å². The average Bonchev–Trinajstić information content (AvgIpc) is 1.69. The van der Waals surface area contributed by atoms with Crippen LogP contribution in [-0.4, -0.2) is 11.7 Å². The molecule has 1 aliphatic rings. The highest BCUT2D eigenvalue weighted by atomic mass is 16.3. The molecule has 40 valence electrons. The molecule has 0 aromatic rings. The molecule has 0 aliphatic carbocycles. The first-order valence-corrected chi connectivity index (χ1v) is 2.27. The lowest BCUT2D eigenvalue weighted by atomic mass is 10.4. The van der Waals surface area contributed by atoms with Crippen LogP contribution in [-0.2, 0) is 0 Å². The molecule has 0 fully saturated rings. The SMILES string of the molecule is OC1=CCCNN1. The fourth-order valence-electron chi connectivity index (χ4n) is 0.485. The van der Waals surface area contributed by atoms with E-state index in [1.807, 2.05) is 0 Å². The summed E-state index contributed by atoms with van der Waals surface area (Å²) in [5, 5.41) is 8.60. The molecule has 0 unspecified atom stereocenters. The monoisotopic (exact) mass is 100 g/mol. The Labute approximate surface area is 42.0 Å². The summed E-state index contributed by atoms with van der Waals surface area (Å²) < 4.78 is 0. The first-order valence-electron chi connectivity index (χ1n) is 2.27. The van der Waals surface area contributed by atoms with E-state index in [1.165, 1.54) is 0 Å². The van der Waals surface area contributed by atoms with E-state index in [4.69, 9.17) is 5.11 Å². The van der Waals surface area contributed by atoms with Crippen molar-refractivity contribution in [2.24, 2.45) is 0 Å². The Kier molecular flexibility index (Phi) is 1.17. The minimum Gasteiger partial charge on any atom is -0.494 e. The Bertz CT molecular complexity index is 89.7. The van der Waals surface area contributed by atoms with Gasteiger partial charge in [0.2, 0.25) is 0 Å². The van der Waals surface area contributed by atoms with Crippen LogP contribution in [0, 0.1) is 0 Å². The number of aliphatic hydroxyl groups is 1. The lowest BCUT2D eigenvalue weighted by Crippen LogP contribution is -2.34. The fraction of sp³-hybridized carbons (Fsp3) is 0.500. The standard InChI is InChI=1S/C4H8N2O/c7-4-2-1-3-5-6-4/h2,5-7H,1,3H2. The van der Waals surface area contributed by atoms with Gasteiger partial charge in [-0.25, -0.2) is 5.43 Å². The van der Waals surface area contributed by atoms with E-state index in [0.29, 0.717) is 0 Å². The molecule has 0 bridgehead atoms. The lowest BCUT2D eigenvalue weighted by Gasteiger charge is -2.09. The first kappa shape index (κ1) is 4.46. The Balaban J connectivity index is 2.40. The van der Waals surface area contributed by atoms with Crippen molar-refractivity contribution in [3.63, 3.8) is 0 Å². The quantitative estimate of drug-likeness (QED) is 0.398. The van der Waals surface area contributed by atoms with E-state index >= 15 is 0 Å². The van der Waals surface area contributed by atoms with Gasteiger partial charge in [-0.3, -0.25) is 5.43 Å². The van der Waals surface area contributed by atoms with Gasteiger partial charge in [-0.05, 0) is 12.5 Å². The van der Waals surface area contributed by atoms with Crippen molar-refractivity contribution in [1.29, 1.82) is 0 Å². The molecule has 0 amide bonds. The van der Waals surface area contributed by atoms with Crippen LogP contribution in [0.2, 0.25) is 0 Å². The van der Waals surface area contributed by atoms with Crippen LogP contribution in [0.5, 0.6) is 0 Å². The largest absolute Gasteiger partial charge is 0.494 e. The highest BCUT2D eigenvalue weighted by molar-refractivity contribution is 4.90. The maximum atomic E-state index is 8.60. The minimum atomic E-state index is 0.228. The van der Waals surface area contributed by atoms with Gasteiger partial charge in [-0.15, -0.1) is 0 Å². The molecule has 0 aromatic carbocycles. The Morgan fingerprint density at radius 2 is 2.57 bits per heavy atom. The molecule has 0 radical (unpaired) electrons. The van der Waals surface area contributed by atoms with Crippen molar-refractivity contribution in [3.05, 3.63) is 12.0 Å². The molecule has 0 spiro atoms. The van der Waals surface area contributed by atoms with Crippen LogP contribution in [0.25, 0.3) is 0 Å². The van der Waals surface area contributed by atoms with Crippen LogP contribution in [0.15, 0.2) is 12.0 Å². The Morgan fingerprint density at radius 1 is 1.71 bits per heavy atom. The van der Waals surface area contributed by atoms with E-state index in [-0.39, 0.29) is 5.88 Å². The van der Waals surface area contributed by atoms with E-state index in [9.17, 15) is 0 Å². The van der Waals surface area contributed by atoms with Gasteiger partial charge in [0.25, 0.3) is 0 Å². The molecule has 0 saturated carbocycles. The smallest absolute Gasteiger partial charge is 0.194 e. The molecule has 1 aliphatic heterocycles. The second kappa shape index (κ2) is 1.84. The highest BCUT2D eigenvalue weighted by Crippen LogP contribution is 1.88. The van der Waals surface area contributed by atoms with Crippen LogP contribution in [0.1, 0.15) is 6.42 Å². The topological polar surface area (TPSA) is 44.3 Å². The highest BCUT2D eigenvalue weighted by Gasteiger charge is 1.94. The summed E-state index contributed by atoms with van der Waals surface area (Å²) in [5.41, 5.74) is 5.31. The molecule has 0 saturated heterocycles. The molecular formula is C4H8N2O. The summed E-state index contributed by atoms with van der Waals surface area (Å²) in [7, 11) is 0. The molecule has 3 N–H and O–H groups in total. The third-order valence-corrected chi connectivity index (χ3v) is 0.823. The van der Waals surface area contributed by atoms with Gasteiger partial charge in [-0.2, -0.15) is 0 Å². The van der Waals surface area contributed by atoms with Gasteiger partial charge in [0, 0.05) is 6.54 Å². The summed E-state index contributed by atoms with van der Waals surface area (Å²) >= 11 is 0. The van der Waals surface area contributed by atoms with Crippen LogP contribution in [0.3, 0.4) is 0 Å². The third kappa shape index (κ3) is 1.08. The fourth-order valence-corrected chi connectivity index (χ4v) is 0.485. The number of nitrogens with one attached hydrogen (secondary N) is 2. The predicted octanol–water partition coefficient (Wildman–Crippen LogP) is -0.116. The van der Waals surface area contributed by atoms with E-state index < -0.39 is 0 Å². The predicted molar refractivity (Wildman–Crippen MR) is 26.5 cm³/mol. The molecule has 3 nitrogen and oxygen atoms in total. The summed E-state index contributed by atoms with van der Waals surface area (Å²) in [4.78, 5) is 0. The summed E-state index contributed by atoms with van der Waals surface area (Å²) in [5.74, 6) is 0.228. The lowest BCUT2D eigenvalue weighted by molar-refractivity contribution is 0.323. The van der Waals surface area contributed by atoms with Gasteiger partial charge < -0.3 is 5.11 Å². The second-order valence-corrected chi connectivity index (χ2v) is 1.43. The molecule has 7 heavy (non-hydrogen) atoms. The van der Waals surface area contributed by atoms with Crippen molar-refractivity contribution in [1.82, 2.24) is 10.9 Å². The normalized spacial score (nSPS) is 20.3. The van der Waals surface area contributed by atoms with Gasteiger partial charge in [0.05, 0.1) is 0 Å². The van der Waals surface area contributed by atoms with Gasteiger partial charge in [0.1, 0.15) is 0 Å². The van der Waals surface area contributed by atoms with E-state index in [1.54, 1.807) is 6.08 Å². The molecule has 0 aromatic heterocycles. The number of aliphatic hydroxyl groups excluding tert-OH is 1. The van der Waals surface area contributed by atoms with Crippen molar-refractivity contribution < 1.29 is 5.11 Å². The zero-order chi connectivity index (χ0) is 5.11. The second-order valence-electron chi connectivity index (χ2n) is 1.43. The van der Waals surface area contributed by atoms with Crippen molar-refractivity contribution in [2.75, 3.05) is 6.54 Å². The minimum absolute atomic E-state index is 0.228. The maximum Gasteiger partial charge on any atom is 0.194 e. The zero-order valence-electron chi connectivity index (χ0n) is 3.94. The summed E-state index contributed by atoms with van der Waals surface area (Å²) in [6.07, 6.45) is 2.63. The molecule has 3 heteroatoms. The summed E-state index contributed by atoms with van der Waals surface area (Å²) in [6.45, 7) is 0.893. The van der Waals surface area contributed by atoms with Crippen molar-refractivity contribution in [2.45, 2.75) is 6.42 Å². The Hall–Kier alpha value is -0.700. The number of rotatable bonds is 0. The average molecular weight is 100 g/mol.